The lowest BCUT2D eigenvalue weighted by atomic mass is 9.99. The van der Waals surface area contributed by atoms with Crippen LogP contribution in [0.1, 0.15) is 42.7 Å². The summed E-state index contributed by atoms with van der Waals surface area (Å²) in [6.45, 7) is 1.86. The van der Waals surface area contributed by atoms with Gasteiger partial charge < -0.3 is 87.6 Å². The molecule has 3 aliphatic rings. The maximum atomic E-state index is 15.2. The molecule has 2 saturated heterocycles. The number of carbonyl (C=O) groups excluding carboxylic acids is 4. The third-order valence-electron chi connectivity index (χ3n) is 12.7. The molecule has 33 heteroatoms. The van der Waals surface area contributed by atoms with E-state index in [9.17, 15) is 63.0 Å². The number of rotatable bonds is 27. The molecule has 0 saturated carbocycles. The molecule has 4 amide bonds. The fourth-order valence-corrected chi connectivity index (χ4v) is 9.78. The Bertz CT molecular complexity index is 3250. The molecule has 2 fully saturated rings. The smallest absolute Gasteiger partial charge is 0.335 e. The van der Waals surface area contributed by atoms with Gasteiger partial charge in [0.15, 0.2) is 6.10 Å². The Labute approximate surface area is 496 Å². The van der Waals surface area contributed by atoms with E-state index in [2.05, 4.69) is 59.3 Å². The summed E-state index contributed by atoms with van der Waals surface area (Å²) in [6.07, 6.45) is -13.9. The summed E-state index contributed by atoms with van der Waals surface area (Å²) in [5.74, 6) is 1.02. The Balaban J connectivity index is 0.0000113. The van der Waals surface area contributed by atoms with E-state index in [4.69, 9.17) is 44.0 Å². The molecule has 3 aliphatic heterocycles. The molecule has 0 unspecified atom stereocenters. The van der Waals surface area contributed by atoms with Crippen molar-refractivity contribution in [1.82, 2.24) is 24.5 Å². The predicted molar refractivity (Wildman–Crippen MR) is 297 cm³/mol. The molecule has 2 aromatic carbocycles. The number of aromatic nitrogens is 3. The first-order valence-electron chi connectivity index (χ1n) is 25.3. The quantitative estimate of drug-likeness (QED) is 0.0104. The van der Waals surface area contributed by atoms with Crippen molar-refractivity contribution in [2.45, 2.75) is 81.6 Å². The number of nitrogens with two attached hydrogens (primary N) is 2. The standard InChI is InChI=1S/C50H58Br2FN9O20S.CH3/c1-2-79-30-5-3-4-28(53)27(30)8-7-26-23-62(48-41(68)38(65)32(80-48)21-58-83(55,74)75)45-35(26)44(54)57-24-60(45)22-25-6-9-31(81-50-42(69)39(66)40(67)43(82-50)49(72)73)29(20-25)59-34(64)10-12-56-33(63)11-14-76-16-18-78-19-17-77-15-13-61-46(70)36(51)37(52)47(61)71;/h3-6,9,20,23-24,32,38-43,48,50,54,58,65-69H,2,10-19,21-22H2,1H3,(H5,55,56,59,63,64,72,73,74,75);1H3/q;-1/p+1/t32-,38-,39+,40+,41-,42-,43+,48-,50-;/m1./s1. The van der Waals surface area contributed by atoms with Gasteiger partial charge in [-0.15, -0.1) is 0 Å². The van der Waals surface area contributed by atoms with Crippen molar-refractivity contribution in [3.8, 4) is 23.3 Å². The van der Waals surface area contributed by atoms with Crippen LogP contribution in [0.15, 0.2) is 57.9 Å². The van der Waals surface area contributed by atoms with Gasteiger partial charge in [-0.1, -0.05) is 29.0 Å². The lowest BCUT2D eigenvalue weighted by Crippen LogP contribution is -2.61. The molecular weight excluding hydrogens is 1270 g/mol. The second-order valence-corrected chi connectivity index (χ2v) is 21.4. The van der Waals surface area contributed by atoms with Crippen LogP contribution in [-0.2, 0) is 64.4 Å². The van der Waals surface area contributed by atoms with E-state index in [1.807, 2.05) is 4.72 Å². The summed E-state index contributed by atoms with van der Waals surface area (Å²) in [7, 11) is -4.27. The first-order valence-corrected chi connectivity index (χ1v) is 28.5. The number of carbonyl (C=O) groups is 5. The molecule has 5 heterocycles. The number of carboxylic acid groups (broad SMARTS) is 1. The van der Waals surface area contributed by atoms with Gasteiger partial charge >= 0.3 is 5.97 Å². The van der Waals surface area contributed by atoms with Gasteiger partial charge in [0.05, 0.1) is 76.8 Å². The molecule has 29 nitrogen and oxygen atoms in total. The van der Waals surface area contributed by atoms with E-state index in [1.165, 1.54) is 58.1 Å². The van der Waals surface area contributed by atoms with Crippen LogP contribution < -0.4 is 40.3 Å². The molecule has 0 bridgehead atoms. The highest BCUT2D eigenvalue weighted by molar-refractivity contribution is 9.14. The maximum Gasteiger partial charge on any atom is 0.335 e. The number of nitrogen functional groups attached to an aromatic ring is 1. The van der Waals surface area contributed by atoms with E-state index >= 15 is 4.39 Å². The SMILES string of the molecule is CCOc1cccc(F)c1C#Cc1cn([C@@H]2O[C@H](CNS(N)(=O)=O)[C@@H](O)[C@H]2O)c2c1c(N)nc[n+]2Cc1ccc(O[C@@H]2O[C@H](C(=O)O)[C@@H](O)[C@H](O)[C@H]2O)c(NC(=O)CCNC(=O)CCOCCOCCOCCN2C(=O)C(Br)=C(Br)C2=O)c1.[CH3-]. The number of anilines is 2. The summed E-state index contributed by atoms with van der Waals surface area (Å²) in [4.78, 5) is 67.7. The van der Waals surface area contributed by atoms with Crippen LogP contribution in [0.3, 0.4) is 0 Å². The third kappa shape index (κ3) is 16.5. The first-order chi connectivity index (χ1) is 39.5. The number of carboxylic acids is 1. The minimum atomic E-state index is -4.27. The molecule has 0 radical (unpaired) electrons. The molecular formula is C51H62Br2FN9O20S. The molecule has 7 rings (SSSR count). The number of amides is 4. The van der Waals surface area contributed by atoms with E-state index in [1.54, 1.807) is 6.92 Å². The second kappa shape index (κ2) is 30.1. The maximum absolute atomic E-state index is 15.2. The molecule has 458 valence electrons. The molecule has 13 N–H and O–H groups in total. The number of fused-ring (bicyclic) bond motifs is 1. The monoisotopic (exact) mass is 1330 g/mol. The number of nitrogens with zero attached hydrogens (tertiary/aromatic N) is 4. The van der Waals surface area contributed by atoms with Crippen LogP contribution in [0.5, 0.6) is 11.5 Å². The predicted octanol–water partition coefficient (Wildman–Crippen LogP) is -1.72. The van der Waals surface area contributed by atoms with Gasteiger partial charge in [-0.3, -0.25) is 24.1 Å². The van der Waals surface area contributed by atoms with Crippen molar-refractivity contribution in [3.05, 3.63) is 87.8 Å². The van der Waals surface area contributed by atoms with Crippen LogP contribution in [0.2, 0.25) is 0 Å². The zero-order valence-corrected chi connectivity index (χ0v) is 48.9. The van der Waals surface area contributed by atoms with Crippen LogP contribution in [0.4, 0.5) is 15.9 Å². The van der Waals surface area contributed by atoms with Crippen molar-refractivity contribution < 1.29 is 105 Å². The van der Waals surface area contributed by atoms with Crippen molar-refractivity contribution in [2.24, 2.45) is 5.14 Å². The minimum Gasteiger partial charge on any atom is -0.492 e. The van der Waals surface area contributed by atoms with Crippen LogP contribution in [0.25, 0.3) is 11.0 Å². The average Bonchev–Trinajstić information content (AvgIpc) is 2.69. The van der Waals surface area contributed by atoms with Gasteiger partial charge in [-0.05, 0) is 68.6 Å². The summed E-state index contributed by atoms with van der Waals surface area (Å²) >= 11 is 6.12. The van der Waals surface area contributed by atoms with Gasteiger partial charge in [-0.2, -0.15) is 13.1 Å². The summed E-state index contributed by atoms with van der Waals surface area (Å²) in [5, 5.41) is 74.3. The fraction of sp³-hybridized carbons (Fsp3) is 0.451. The molecule has 0 spiro atoms. The normalized spacial score (nSPS) is 22.4. The molecule has 2 aromatic heterocycles. The number of hydrogen-bond donors (Lipinski definition) is 11. The Morgan fingerprint density at radius 1 is 0.869 bits per heavy atom. The van der Waals surface area contributed by atoms with Gasteiger partial charge in [0, 0.05) is 25.9 Å². The Morgan fingerprint density at radius 3 is 2.21 bits per heavy atom. The zero-order chi connectivity index (χ0) is 60.3. The Kier molecular flexibility index (Phi) is 24.0. The highest BCUT2D eigenvalue weighted by Crippen LogP contribution is 2.36. The van der Waals surface area contributed by atoms with E-state index in [0.29, 0.717) is 5.56 Å². The molecule has 9 atom stereocenters. The number of halogens is 3. The average molecular weight is 1330 g/mol. The van der Waals surface area contributed by atoms with Crippen molar-refractivity contribution in [1.29, 1.82) is 0 Å². The summed E-state index contributed by atoms with van der Waals surface area (Å²) in [5.41, 5.74) is 6.90. The fourth-order valence-electron chi connectivity index (χ4n) is 8.62. The van der Waals surface area contributed by atoms with E-state index in [-0.39, 0.29) is 140 Å². The number of hydrogen-bond acceptors (Lipinski definition) is 21. The highest BCUT2D eigenvalue weighted by Gasteiger charge is 2.49. The van der Waals surface area contributed by atoms with Gasteiger partial charge in [0.2, 0.25) is 42.1 Å². The van der Waals surface area contributed by atoms with Gasteiger partial charge in [-0.25, -0.2) is 23.5 Å². The second-order valence-electron chi connectivity index (χ2n) is 18.5. The number of aliphatic hydroxyl groups excluding tert-OH is 5. The van der Waals surface area contributed by atoms with Crippen molar-refractivity contribution >= 4 is 94.2 Å². The number of aliphatic carboxylic acids is 1. The van der Waals surface area contributed by atoms with Crippen molar-refractivity contribution in [3.63, 3.8) is 0 Å². The number of imide groups is 1. The topological polar surface area (TPSA) is 419 Å². The van der Waals surface area contributed by atoms with E-state index in [0.717, 1.165) is 4.90 Å². The summed E-state index contributed by atoms with van der Waals surface area (Å²) < 4.78 is 83.1. The largest absolute Gasteiger partial charge is 0.492 e. The van der Waals surface area contributed by atoms with Crippen molar-refractivity contribution in [2.75, 3.05) is 76.9 Å². The zero-order valence-electron chi connectivity index (χ0n) is 44.9. The summed E-state index contributed by atoms with van der Waals surface area (Å²) in [6, 6.07) is 8.34. The van der Waals surface area contributed by atoms with Gasteiger partial charge in [0.25, 0.3) is 22.0 Å². The highest BCUT2D eigenvalue weighted by atomic mass is 79.9. The number of aliphatic hydroxyl groups is 5. The Morgan fingerprint density at radius 2 is 1.55 bits per heavy atom. The van der Waals surface area contributed by atoms with Crippen LogP contribution in [0, 0.1) is 25.1 Å². The van der Waals surface area contributed by atoms with E-state index < -0.39 is 107 Å². The number of ether oxygens (including phenoxy) is 7. The number of nitrogens with one attached hydrogen (secondary N) is 3. The third-order valence-corrected chi connectivity index (χ3v) is 15.3. The Hall–Kier alpha value is -6.33. The van der Waals surface area contributed by atoms with Crippen LogP contribution >= 0.6 is 31.9 Å². The number of benzene rings is 2. The molecule has 84 heavy (non-hydrogen) atoms. The minimum absolute atomic E-state index is 0. The molecule has 0 aliphatic carbocycles. The van der Waals surface area contributed by atoms with Crippen LogP contribution in [-0.4, -0.2) is 198 Å². The lowest BCUT2D eigenvalue weighted by molar-refractivity contribution is -0.668. The lowest BCUT2D eigenvalue weighted by Gasteiger charge is -2.38. The van der Waals surface area contributed by atoms with Gasteiger partial charge in [0.1, 0.15) is 73.9 Å². The molecule has 4 aromatic rings. The first kappa shape index (κ1) is 66.8.